The van der Waals surface area contributed by atoms with Gasteiger partial charge in [0.2, 0.25) is 0 Å². The first kappa shape index (κ1) is 18.8. The van der Waals surface area contributed by atoms with Crippen LogP contribution in [0.15, 0.2) is 30.3 Å². The van der Waals surface area contributed by atoms with Gasteiger partial charge >= 0.3 is 0 Å². The molecule has 2 N–H and O–H groups in total. The number of benzene rings is 1. The third-order valence-electron chi connectivity index (χ3n) is 5.59. The molecule has 0 bridgehead atoms. The van der Waals surface area contributed by atoms with Gasteiger partial charge in [0.15, 0.2) is 0 Å². The lowest BCUT2D eigenvalue weighted by molar-refractivity contribution is 0.139. The monoisotopic (exact) mass is 365 g/mol. The highest BCUT2D eigenvalue weighted by molar-refractivity contribution is 7.87. The van der Waals surface area contributed by atoms with Gasteiger partial charge in [-0.2, -0.15) is 13.1 Å². The maximum Gasteiger partial charge on any atom is 0.277 e. The molecule has 1 atom stereocenters. The summed E-state index contributed by atoms with van der Waals surface area (Å²) in [6.45, 7) is 4.76. The summed E-state index contributed by atoms with van der Waals surface area (Å²) in [6.07, 6.45) is 6.49. The smallest absolute Gasteiger partial charge is 0.277 e. The van der Waals surface area contributed by atoms with Crippen molar-refractivity contribution in [2.24, 2.45) is 5.92 Å². The lowest BCUT2D eigenvalue weighted by atomic mass is 9.96. The fourth-order valence-electron chi connectivity index (χ4n) is 3.97. The minimum Gasteiger partial charge on any atom is -0.295 e. The molecular weight excluding hydrogens is 334 g/mol. The molecule has 1 aliphatic heterocycles. The summed E-state index contributed by atoms with van der Waals surface area (Å²) in [4.78, 5) is 2.42. The summed E-state index contributed by atoms with van der Waals surface area (Å²) in [5.74, 6) is 0.758. The Balaban J connectivity index is 1.65. The Morgan fingerprint density at radius 3 is 2.36 bits per heavy atom. The molecule has 1 unspecified atom stereocenters. The number of rotatable bonds is 7. The van der Waals surface area contributed by atoms with Crippen LogP contribution >= 0.6 is 0 Å². The van der Waals surface area contributed by atoms with Gasteiger partial charge < -0.3 is 0 Å². The van der Waals surface area contributed by atoms with Gasteiger partial charge in [0, 0.05) is 18.6 Å². The first-order valence-electron chi connectivity index (χ1n) is 9.59. The highest BCUT2D eigenvalue weighted by Crippen LogP contribution is 2.26. The van der Waals surface area contributed by atoms with Gasteiger partial charge in [-0.15, -0.1) is 0 Å². The largest absolute Gasteiger partial charge is 0.295 e. The third-order valence-corrected chi connectivity index (χ3v) is 6.78. The topological polar surface area (TPSA) is 61.4 Å². The molecule has 25 heavy (non-hydrogen) atoms. The van der Waals surface area contributed by atoms with E-state index in [1.165, 1.54) is 18.4 Å². The lowest BCUT2D eigenvalue weighted by Crippen LogP contribution is -2.46. The lowest BCUT2D eigenvalue weighted by Gasteiger charge is -2.37. The van der Waals surface area contributed by atoms with Crippen molar-refractivity contribution in [3.63, 3.8) is 0 Å². The van der Waals surface area contributed by atoms with E-state index in [9.17, 15) is 8.42 Å². The zero-order chi connectivity index (χ0) is 17.7. The van der Waals surface area contributed by atoms with E-state index in [0.29, 0.717) is 6.54 Å². The molecule has 1 heterocycles. The van der Waals surface area contributed by atoms with Crippen LogP contribution in [0.2, 0.25) is 0 Å². The normalized spacial score (nSPS) is 22.3. The molecule has 0 aromatic heterocycles. The summed E-state index contributed by atoms with van der Waals surface area (Å²) in [6, 6.07) is 10.4. The van der Waals surface area contributed by atoms with Crippen molar-refractivity contribution >= 4 is 10.2 Å². The van der Waals surface area contributed by atoms with Crippen molar-refractivity contribution in [2.75, 3.05) is 19.6 Å². The second-order valence-corrected chi connectivity index (χ2v) is 9.13. The minimum absolute atomic E-state index is 0.0915. The van der Waals surface area contributed by atoms with Gasteiger partial charge in [0.1, 0.15) is 0 Å². The molecule has 2 fully saturated rings. The van der Waals surface area contributed by atoms with Crippen LogP contribution in [0.5, 0.6) is 0 Å². The van der Waals surface area contributed by atoms with Crippen LogP contribution in [0.25, 0.3) is 0 Å². The Morgan fingerprint density at radius 2 is 1.72 bits per heavy atom. The molecule has 0 amide bonds. The first-order chi connectivity index (χ1) is 12.0. The SMILES string of the molecule is CC1CCN(C(CNS(=O)(=O)NC2CCCC2)c2ccccc2)CC1. The van der Waals surface area contributed by atoms with E-state index < -0.39 is 10.2 Å². The molecule has 1 aromatic carbocycles. The van der Waals surface area contributed by atoms with Crippen LogP contribution in [0.1, 0.15) is 57.1 Å². The van der Waals surface area contributed by atoms with Crippen molar-refractivity contribution in [2.45, 2.75) is 57.5 Å². The van der Waals surface area contributed by atoms with Crippen molar-refractivity contribution in [1.29, 1.82) is 0 Å². The average molecular weight is 366 g/mol. The van der Waals surface area contributed by atoms with E-state index in [0.717, 1.165) is 44.7 Å². The molecule has 1 saturated heterocycles. The zero-order valence-corrected chi connectivity index (χ0v) is 16.0. The number of nitrogens with one attached hydrogen (secondary N) is 2. The minimum atomic E-state index is -3.44. The van der Waals surface area contributed by atoms with E-state index >= 15 is 0 Å². The second kappa shape index (κ2) is 8.62. The van der Waals surface area contributed by atoms with Gasteiger partial charge in [-0.25, -0.2) is 4.72 Å². The van der Waals surface area contributed by atoms with Gasteiger partial charge in [-0.3, -0.25) is 4.90 Å². The van der Waals surface area contributed by atoms with Crippen molar-refractivity contribution in [3.8, 4) is 0 Å². The van der Waals surface area contributed by atoms with Crippen molar-refractivity contribution < 1.29 is 8.42 Å². The molecule has 1 aliphatic carbocycles. The Labute approximate surface area is 152 Å². The molecule has 6 heteroatoms. The summed E-state index contributed by atoms with van der Waals surface area (Å²) in [5.41, 5.74) is 1.18. The quantitative estimate of drug-likeness (QED) is 0.781. The molecule has 1 aromatic rings. The standard InChI is InChI=1S/C19H31N3O2S/c1-16-11-13-22(14-12-16)19(17-7-3-2-4-8-17)15-20-25(23,24)21-18-9-5-6-10-18/h2-4,7-8,16,18-21H,5-6,9-15H2,1H3. The third kappa shape index (κ3) is 5.51. The summed E-state index contributed by atoms with van der Waals surface area (Å²) >= 11 is 0. The number of nitrogens with zero attached hydrogens (tertiary/aromatic N) is 1. The van der Waals surface area contributed by atoms with Gasteiger partial charge in [0.05, 0.1) is 0 Å². The Kier molecular flexibility index (Phi) is 6.49. The van der Waals surface area contributed by atoms with E-state index in [1.807, 2.05) is 18.2 Å². The van der Waals surface area contributed by atoms with Crippen molar-refractivity contribution in [1.82, 2.24) is 14.3 Å². The molecule has 5 nitrogen and oxygen atoms in total. The van der Waals surface area contributed by atoms with Crippen molar-refractivity contribution in [3.05, 3.63) is 35.9 Å². The van der Waals surface area contributed by atoms with Gasteiger partial charge in [0.25, 0.3) is 10.2 Å². The Hall–Kier alpha value is -0.950. The van der Waals surface area contributed by atoms with E-state index in [4.69, 9.17) is 0 Å². The van der Waals surface area contributed by atoms with E-state index in [-0.39, 0.29) is 12.1 Å². The van der Waals surface area contributed by atoms with Gasteiger partial charge in [-0.05, 0) is 50.3 Å². The summed E-state index contributed by atoms with van der Waals surface area (Å²) < 4.78 is 30.5. The summed E-state index contributed by atoms with van der Waals surface area (Å²) in [5, 5.41) is 0. The molecule has 0 radical (unpaired) electrons. The zero-order valence-electron chi connectivity index (χ0n) is 15.2. The highest BCUT2D eigenvalue weighted by atomic mass is 32.2. The molecular formula is C19H31N3O2S. The van der Waals surface area contributed by atoms with Crippen LogP contribution in [0.3, 0.4) is 0 Å². The molecule has 1 saturated carbocycles. The number of hydrogen-bond acceptors (Lipinski definition) is 3. The predicted octanol–water partition coefficient (Wildman–Crippen LogP) is 2.83. The van der Waals surface area contributed by atoms with Crippen LogP contribution in [-0.2, 0) is 10.2 Å². The first-order valence-corrected chi connectivity index (χ1v) is 11.1. The number of piperidine rings is 1. The molecule has 0 spiro atoms. The van der Waals surface area contributed by atoms with E-state index in [1.54, 1.807) is 0 Å². The Morgan fingerprint density at radius 1 is 1.08 bits per heavy atom. The second-order valence-electron chi connectivity index (χ2n) is 7.60. The van der Waals surface area contributed by atoms with Crippen LogP contribution in [0, 0.1) is 5.92 Å². The molecule has 2 aliphatic rings. The maximum absolute atomic E-state index is 12.4. The molecule has 140 valence electrons. The fourth-order valence-corrected chi connectivity index (χ4v) is 5.10. The van der Waals surface area contributed by atoms with Crippen LogP contribution < -0.4 is 9.44 Å². The average Bonchev–Trinajstić information content (AvgIpc) is 3.10. The number of hydrogen-bond donors (Lipinski definition) is 2. The number of likely N-dealkylation sites (tertiary alicyclic amines) is 1. The van der Waals surface area contributed by atoms with Gasteiger partial charge in [-0.1, -0.05) is 50.1 Å². The molecule has 3 rings (SSSR count). The predicted molar refractivity (Wildman–Crippen MR) is 101 cm³/mol. The Bertz CT molecular complexity index is 621. The fraction of sp³-hybridized carbons (Fsp3) is 0.684. The van der Waals surface area contributed by atoms with E-state index in [2.05, 4.69) is 33.4 Å². The maximum atomic E-state index is 12.4. The van der Waals surface area contributed by atoms with Crippen LogP contribution in [-0.4, -0.2) is 39.0 Å². The van der Waals surface area contributed by atoms with Crippen LogP contribution in [0.4, 0.5) is 0 Å². The highest BCUT2D eigenvalue weighted by Gasteiger charge is 2.27. The summed E-state index contributed by atoms with van der Waals surface area (Å²) in [7, 11) is -3.44.